The molecule has 3 aliphatic rings. The second-order valence-corrected chi connectivity index (χ2v) is 6.35. The molecule has 0 amide bonds. The minimum atomic E-state index is 0.340. The molecule has 110 valence electrons. The van der Waals surface area contributed by atoms with Crippen LogP contribution in [0.3, 0.4) is 0 Å². The second-order valence-electron chi connectivity index (χ2n) is 6.35. The van der Waals surface area contributed by atoms with Crippen molar-refractivity contribution in [1.82, 2.24) is 15.1 Å². The Bertz CT molecular complexity index is 592. The third kappa shape index (κ3) is 2.26. The number of fused-ring (bicyclic) bond motifs is 2. The number of piperidine rings is 1. The summed E-state index contributed by atoms with van der Waals surface area (Å²) in [5.74, 6) is 0. The van der Waals surface area contributed by atoms with Gasteiger partial charge in [0, 0.05) is 37.6 Å². The Morgan fingerprint density at radius 1 is 1.05 bits per heavy atom. The van der Waals surface area contributed by atoms with Crippen LogP contribution in [-0.2, 0) is 6.42 Å². The summed E-state index contributed by atoms with van der Waals surface area (Å²) in [7, 11) is 2.23. The Labute approximate surface area is 126 Å². The Balaban J connectivity index is 1.82. The van der Waals surface area contributed by atoms with Crippen LogP contribution in [0.25, 0.3) is 5.57 Å². The molecule has 0 saturated carbocycles. The van der Waals surface area contributed by atoms with Gasteiger partial charge in [-0.2, -0.15) is 0 Å². The van der Waals surface area contributed by atoms with Crippen LogP contribution in [0.5, 0.6) is 0 Å². The molecule has 3 aliphatic heterocycles. The molecule has 0 radical (unpaired) electrons. The van der Waals surface area contributed by atoms with E-state index in [0.717, 1.165) is 13.0 Å². The van der Waals surface area contributed by atoms with E-state index in [1.165, 1.54) is 37.1 Å². The van der Waals surface area contributed by atoms with Gasteiger partial charge in [0.1, 0.15) is 6.17 Å². The van der Waals surface area contributed by atoms with E-state index in [0.29, 0.717) is 6.17 Å². The molecule has 0 aromatic heterocycles. The third-order valence-electron chi connectivity index (χ3n) is 5.04. The summed E-state index contributed by atoms with van der Waals surface area (Å²) in [6.45, 7) is 3.46. The van der Waals surface area contributed by atoms with E-state index < -0.39 is 0 Å². The van der Waals surface area contributed by atoms with E-state index >= 15 is 0 Å². The highest BCUT2D eigenvalue weighted by Gasteiger charge is 2.31. The van der Waals surface area contributed by atoms with Crippen LogP contribution in [0.4, 0.5) is 0 Å². The molecule has 0 aliphatic carbocycles. The molecule has 1 saturated heterocycles. The highest BCUT2D eigenvalue weighted by molar-refractivity contribution is 5.76. The van der Waals surface area contributed by atoms with Crippen molar-refractivity contribution in [2.24, 2.45) is 0 Å². The summed E-state index contributed by atoms with van der Waals surface area (Å²) in [4.78, 5) is 4.89. The van der Waals surface area contributed by atoms with Crippen molar-refractivity contribution in [2.45, 2.75) is 25.4 Å². The van der Waals surface area contributed by atoms with Gasteiger partial charge in [-0.05, 0) is 37.4 Å². The van der Waals surface area contributed by atoms with Crippen molar-refractivity contribution in [3.05, 3.63) is 53.4 Å². The first-order valence-corrected chi connectivity index (χ1v) is 8.00. The van der Waals surface area contributed by atoms with Gasteiger partial charge < -0.3 is 15.1 Å². The predicted octanol–water partition coefficient (Wildman–Crippen LogP) is 2.42. The molecular formula is C18H23N3. The normalized spacial score (nSPS) is 25.4. The van der Waals surface area contributed by atoms with Crippen molar-refractivity contribution >= 4 is 5.57 Å². The summed E-state index contributed by atoms with van der Waals surface area (Å²) < 4.78 is 0. The van der Waals surface area contributed by atoms with E-state index in [1.54, 1.807) is 11.1 Å². The largest absolute Gasteiger partial charge is 0.366 e. The van der Waals surface area contributed by atoms with Gasteiger partial charge >= 0.3 is 0 Å². The van der Waals surface area contributed by atoms with E-state index in [-0.39, 0.29) is 0 Å². The Kier molecular flexibility index (Phi) is 3.23. The molecular weight excluding hydrogens is 258 g/mol. The number of likely N-dealkylation sites (tertiary alicyclic amines) is 1. The summed E-state index contributed by atoms with van der Waals surface area (Å²) >= 11 is 0. The molecule has 1 aromatic rings. The minimum Gasteiger partial charge on any atom is -0.366 e. The summed E-state index contributed by atoms with van der Waals surface area (Å²) in [5, 5.41) is 3.57. The molecule has 3 heteroatoms. The van der Waals surface area contributed by atoms with Crippen LogP contribution >= 0.6 is 0 Å². The molecule has 4 rings (SSSR count). The van der Waals surface area contributed by atoms with Gasteiger partial charge in [0.15, 0.2) is 0 Å². The number of nitrogens with one attached hydrogen (secondary N) is 1. The molecule has 1 unspecified atom stereocenters. The predicted molar refractivity (Wildman–Crippen MR) is 86.6 cm³/mol. The molecule has 1 fully saturated rings. The SMILES string of the molecule is CN1CCC(=C2c3ccccc3CCN3C=CNC23)CC1. The standard InChI is InChI=1S/C18H23N3/c1-20-10-6-15(7-11-20)17-16-5-3-2-4-14(16)8-12-21-13-9-19-18(17)21/h2-5,9,13,18-19H,6-8,10-12H2,1H3. The molecule has 1 N–H and O–H groups in total. The van der Waals surface area contributed by atoms with Gasteiger partial charge in [0.2, 0.25) is 0 Å². The van der Waals surface area contributed by atoms with E-state index in [2.05, 4.69) is 58.8 Å². The molecule has 3 heterocycles. The quantitative estimate of drug-likeness (QED) is 0.788. The first kappa shape index (κ1) is 13.0. The van der Waals surface area contributed by atoms with Crippen LogP contribution in [-0.4, -0.2) is 42.6 Å². The van der Waals surface area contributed by atoms with Crippen molar-refractivity contribution < 1.29 is 0 Å². The van der Waals surface area contributed by atoms with Gasteiger partial charge in [-0.1, -0.05) is 29.8 Å². The van der Waals surface area contributed by atoms with Crippen LogP contribution in [0.2, 0.25) is 0 Å². The summed E-state index contributed by atoms with van der Waals surface area (Å²) in [6, 6.07) is 8.98. The summed E-state index contributed by atoms with van der Waals surface area (Å²) in [5.41, 5.74) is 6.17. The molecule has 0 bridgehead atoms. The fourth-order valence-corrected chi connectivity index (χ4v) is 3.80. The number of hydrogen-bond acceptors (Lipinski definition) is 3. The lowest BCUT2D eigenvalue weighted by Gasteiger charge is -2.31. The zero-order valence-electron chi connectivity index (χ0n) is 12.7. The topological polar surface area (TPSA) is 18.5 Å². The third-order valence-corrected chi connectivity index (χ3v) is 5.04. The molecule has 3 nitrogen and oxygen atoms in total. The first-order valence-electron chi connectivity index (χ1n) is 8.00. The zero-order valence-corrected chi connectivity index (χ0v) is 12.7. The lowest BCUT2D eigenvalue weighted by molar-refractivity contribution is 0.307. The number of hydrogen-bond donors (Lipinski definition) is 1. The highest BCUT2D eigenvalue weighted by Crippen LogP contribution is 2.36. The maximum Gasteiger partial charge on any atom is 0.125 e. The molecule has 0 spiro atoms. The van der Waals surface area contributed by atoms with Crippen molar-refractivity contribution in [3.63, 3.8) is 0 Å². The van der Waals surface area contributed by atoms with Gasteiger partial charge in [0.05, 0.1) is 0 Å². The van der Waals surface area contributed by atoms with Gasteiger partial charge in [-0.15, -0.1) is 0 Å². The van der Waals surface area contributed by atoms with Crippen LogP contribution < -0.4 is 5.32 Å². The maximum atomic E-state index is 3.57. The smallest absolute Gasteiger partial charge is 0.125 e. The Hall–Kier alpha value is -1.74. The van der Waals surface area contributed by atoms with E-state index in [4.69, 9.17) is 0 Å². The fourth-order valence-electron chi connectivity index (χ4n) is 3.80. The number of benzene rings is 1. The zero-order chi connectivity index (χ0) is 14.2. The van der Waals surface area contributed by atoms with Crippen molar-refractivity contribution in [1.29, 1.82) is 0 Å². The maximum absolute atomic E-state index is 3.57. The Morgan fingerprint density at radius 3 is 2.71 bits per heavy atom. The average molecular weight is 281 g/mol. The molecule has 1 aromatic carbocycles. The number of rotatable bonds is 0. The van der Waals surface area contributed by atoms with Crippen LogP contribution in [0, 0.1) is 0 Å². The van der Waals surface area contributed by atoms with Crippen molar-refractivity contribution in [2.75, 3.05) is 26.7 Å². The van der Waals surface area contributed by atoms with Crippen molar-refractivity contribution in [3.8, 4) is 0 Å². The second kappa shape index (κ2) is 5.23. The Morgan fingerprint density at radius 2 is 1.86 bits per heavy atom. The molecule has 1 atom stereocenters. The first-order chi connectivity index (χ1) is 10.3. The fraction of sp³-hybridized carbons (Fsp3) is 0.444. The minimum absolute atomic E-state index is 0.340. The van der Waals surface area contributed by atoms with Gasteiger partial charge in [-0.3, -0.25) is 0 Å². The highest BCUT2D eigenvalue weighted by atomic mass is 15.3. The summed E-state index contributed by atoms with van der Waals surface area (Å²) in [6.07, 6.45) is 8.19. The van der Waals surface area contributed by atoms with E-state index in [1.807, 2.05) is 0 Å². The number of nitrogens with zero attached hydrogens (tertiary/aromatic N) is 2. The van der Waals surface area contributed by atoms with E-state index in [9.17, 15) is 0 Å². The lowest BCUT2D eigenvalue weighted by atomic mass is 9.89. The molecule has 21 heavy (non-hydrogen) atoms. The van der Waals surface area contributed by atoms with Gasteiger partial charge in [-0.25, -0.2) is 0 Å². The van der Waals surface area contributed by atoms with Crippen LogP contribution in [0.15, 0.2) is 42.2 Å². The lowest BCUT2D eigenvalue weighted by Crippen LogP contribution is -2.37. The van der Waals surface area contributed by atoms with Gasteiger partial charge in [0.25, 0.3) is 0 Å². The average Bonchev–Trinajstić information content (AvgIpc) is 2.91. The monoisotopic (exact) mass is 281 g/mol. The van der Waals surface area contributed by atoms with Crippen LogP contribution in [0.1, 0.15) is 24.0 Å².